The van der Waals surface area contributed by atoms with Crippen LogP contribution in [0.4, 0.5) is 0 Å². The number of ketones is 1. The van der Waals surface area contributed by atoms with Crippen LogP contribution in [-0.2, 0) is 4.79 Å². The maximum Gasteiger partial charge on any atom is 0.152 e. The summed E-state index contributed by atoms with van der Waals surface area (Å²) in [4.78, 5) is 12.7. The van der Waals surface area contributed by atoms with Crippen LogP contribution in [-0.4, -0.2) is 17.9 Å². The van der Waals surface area contributed by atoms with Gasteiger partial charge in [-0.05, 0) is 44.4 Å². The molecular weight excluding hydrogens is 234 g/mol. The van der Waals surface area contributed by atoms with Crippen molar-refractivity contribution in [2.24, 2.45) is 11.8 Å². The van der Waals surface area contributed by atoms with Crippen molar-refractivity contribution in [3.8, 4) is 0 Å². The minimum Gasteiger partial charge on any atom is -0.304 e. The van der Waals surface area contributed by atoms with E-state index in [0.717, 1.165) is 25.2 Å². The van der Waals surface area contributed by atoms with Crippen molar-refractivity contribution in [2.45, 2.75) is 89.1 Å². The van der Waals surface area contributed by atoms with Gasteiger partial charge in [0.15, 0.2) is 5.78 Å². The summed E-state index contributed by atoms with van der Waals surface area (Å²) in [5, 5.41) is 3.72. The van der Waals surface area contributed by atoms with E-state index in [0.29, 0.717) is 17.7 Å². The van der Waals surface area contributed by atoms with Crippen LogP contribution in [0.25, 0.3) is 0 Å². The molecule has 0 aromatic rings. The Morgan fingerprint density at radius 1 is 0.737 bits per heavy atom. The molecule has 3 unspecified atom stereocenters. The van der Waals surface area contributed by atoms with Gasteiger partial charge in [-0.25, -0.2) is 0 Å². The number of nitrogens with one attached hydrogen (secondary N) is 1. The molecule has 2 aliphatic carbocycles. The van der Waals surface area contributed by atoms with E-state index in [1.54, 1.807) is 0 Å². The molecule has 3 fully saturated rings. The lowest BCUT2D eigenvalue weighted by atomic mass is 9.76. The third-order valence-electron chi connectivity index (χ3n) is 5.75. The average molecular weight is 263 g/mol. The molecular formula is C17H29NO. The molecule has 0 bridgehead atoms. The van der Waals surface area contributed by atoms with Crippen LogP contribution in [0, 0.1) is 11.8 Å². The van der Waals surface area contributed by atoms with Gasteiger partial charge < -0.3 is 5.32 Å². The van der Waals surface area contributed by atoms with Crippen molar-refractivity contribution in [1.29, 1.82) is 0 Å². The van der Waals surface area contributed by atoms with Gasteiger partial charge in [0.25, 0.3) is 0 Å². The van der Waals surface area contributed by atoms with Crippen LogP contribution < -0.4 is 5.32 Å². The summed E-state index contributed by atoms with van der Waals surface area (Å²) in [5.41, 5.74) is 0. The molecule has 1 N–H and O–H groups in total. The van der Waals surface area contributed by atoms with E-state index >= 15 is 0 Å². The van der Waals surface area contributed by atoms with E-state index in [1.807, 2.05) is 0 Å². The quantitative estimate of drug-likeness (QED) is 0.767. The molecule has 1 heterocycles. The predicted molar refractivity (Wildman–Crippen MR) is 78.1 cm³/mol. The predicted octanol–water partition coefficient (Wildman–Crippen LogP) is 3.84. The Kier molecular flexibility index (Phi) is 4.57. The van der Waals surface area contributed by atoms with Crippen molar-refractivity contribution in [3.63, 3.8) is 0 Å². The second-order valence-corrected chi connectivity index (χ2v) is 7.04. The molecule has 19 heavy (non-hydrogen) atoms. The summed E-state index contributed by atoms with van der Waals surface area (Å²) in [5.74, 6) is 1.80. The minimum atomic E-state index is 0.197. The molecule has 1 aliphatic heterocycles. The Balaban J connectivity index is 1.57. The van der Waals surface area contributed by atoms with Crippen LogP contribution in [0.5, 0.6) is 0 Å². The molecule has 0 spiro atoms. The van der Waals surface area contributed by atoms with E-state index in [2.05, 4.69) is 5.32 Å². The third-order valence-corrected chi connectivity index (χ3v) is 5.75. The van der Waals surface area contributed by atoms with Crippen molar-refractivity contribution in [3.05, 3.63) is 0 Å². The summed E-state index contributed by atoms with van der Waals surface area (Å²) >= 11 is 0. The summed E-state index contributed by atoms with van der Waals surface area (Å²) in [6.45, 7) is 0. The number of carbonyl (C=O) groups is 1. The Hall–Kier alpha value is -0.370. The highest BCUT2D eigenvalue weighted by Gasteiger charge is 2.36. The van der Waals surface area contributed by atoms with E-state index in [9.17, 15) is 4.79 Å². The Bertz CT molecular complexity index is 306. The maximum atomic E-state index is 12.7. The highest BCUT2D eigenvalue weighted by Crippen LogP contribution is 2.34. The highest BCUT2D eigenvalue weighted by molar-refractivity contribution is 5.86. The van der Waals surface area contributed by atoms with Gasteiger partial charge in [-0.3, -0.25) is 4.79 Å². The van der Waals surface area contributed by atoms with Gasteiger partial charge in [0, 0.05) is 12.0 Å². The van der Waals surface area contributed by atoms with E-state index in [1.165, 1.54) is 57.8 Å². The largest absolute Gasteiger partial charge is 0.304 e. The Morgan fingerprint density at radius 2 is 1.42 bits per heavy atom. The number of rotatable bonds is 2. The number of hydrogen-bond donors (Lipinski definition) is 1. The average Bonchev–Trinajstić information content (AvgIpc) is 2.75. The topological polar surface area (TPSA) is 29.1 Å². The SMILES string of the molecule is O=C(C1CCCCCC1)C1CCC2CCCCC2N1. The summed E-state index contributed by atoms with van der Waals surface area (Å²) in [6, 6.07) is 0.852. The molecule has 108 valence electrons. The molecule has 2 nitrogen and oxygen atoms in total. The van der Waals surface area contributed by atoms with E-state index < -0.39 is 0 Å². The van der Waals surface area contributed by atoms with Gasteiger partial charge in [0.05, 0.1) is 6.04 Å². The summed E-state index contributed by atoms with van der Waals surface area (Å²) in [6.07, 6.45) is 15.4. The van der Waals surface area contributed by atoms with Crippen molar-refractivity contribution in [1.82, 2.24) is 5.32 Å². The number of Topliss-reactive ketones (excluding diaryl/α,β-unsaturated/α-hetero) is 1. The number of carbonyl (C=O) groups excluding carboxylic acids is 1. The zero-order valence-electron chi connectivity index (χ0n) is 12.2. The first kappa shape index (κ1) is 13.6. The van der Waals surface area contributed by atoms with Gasteiger partial charge in [-0.15, -0.1) is 0 Å². The molecule has 0 aromatic carbocycles. The van der Waals surface area contributed by atoms with Crippen LogP contribution >= 0.6 is 0 Å². The fourth-order valence-corrected chi connectivity index (χ4v) is 4.57. The highest BCUT2D eigenvalue weighted by atomic mass is 16.1. The zero-order valence-corrected chi connectivity index (χ0v) is 12.2. The second kappa shape index (κ2) is 6.39. The first-order valence-corrected chi connectivity index (χ1v) is 8.64. The van der Waals surface area contributed by atoms with Crippen LogP contribution in [0.1, 0.15) is 77.0 Å². The normalized spacial score (nSPS) is 37.4. The van der Waals surface area contributed by atoms with Crippen molar-refractivity contribution >= 4 is 5.78 Å². The van der Waals surface area contributed by atoms with E-state index in [4.69, 9.17) is 0 Å². The lowest BCUT2D eigenvalue weighted by molar-refractivity contribution is -0.126. The lowest BCUT2D eigenvalue weighted by Gasteiger charge is -2.40. The van der Waals surface area contributed by atoms with Gasteiger partial charge >= 0.3 is 0 Å². The molecule has 2 saturated carbocycles. The smallest absolute Gasteiger partial charge is 0.152 e. The van der Waals surface area contributed by atoms with Gasteiger partial charge in [-0.2, -0.15) is 0 Å². The molecule has 3 atom stereocenters. The molecule has 0 aromatic heterocycles. The summed E-state index contributed by atoms with van der Waals surface area (Å²) < 4.78 is 0. The Labute approximate surface area is 117 Å². The lowest BCUT2D eigenvalue weighted by Crippen LogP contribution is -2.53. The van der Waals surface area contributed by atoms with Crippen LogP contribution in [0.3, 0.4) is 0 Å². The van der Waals surface area contributed by atoms with Crippen LogP contribution in [0.2, 0.25) is 0 Å². The first-order chi connectivity index (χ1) is 9.34. The maximum absolute atomic E-state index is 12.7. The molecule has 0 amide bonds. The second-order valence-electron chi connectivity index (χ2n) is 7.04. The zero-order chi connectivity index (χ0) is 13.1. The monoisotopic (exact) mass is 263 g/mol. The fourth-order valence-electron chi connectivity index (χ4n) is 4.57. The Morgan fingerprint density at radius 3 is 2.21 bits per heavy atom. The standard InChI is InChI=1S/C17H29NO/c19-17(14-8-3-1-2-4-9-14)16-12-11-13-7-5-6-10-15(13)18-16/h13-16,18H,1-12H2. The number of piperidine rings is 1. The number of fused-ring (bicyclic) bond motifs is 1. The van der Waals surface area contributed by atoms with Gasteiger partial charge in [0.2, 0.25) is 0 Å². The van der Waals surface area contributed by atoms with Crippen LogP contribution in [0.15, 0.2) is 0 Å². The van der Waals surface area contributed by atoms with Crippen molar-refractivity contribution in [2.75, 3.05) is 0 Å². The van der Waals surface area contributed by atoms with Gasteiger partial charge in [0.1, 0.15) is 0 Å². The third kappa shape index (κ3) is 3.21. The van der Waals surface area contributed by atoms with Crippen molar-refractivity contribution < 1.29 is 4.79 Å². The molecule has 1 saturated heterocycles. The minimum absolute atomic E-state index is 0.197. The molecule has 0 radical (unpaired) electrons. The first-order valence-electron chi connectivity index (χ1n) is 8.64. The van der Waals surface area contributed by atoms with Gasteiger partial charge in [-0.1, -0.05) is 38.5 Å². The molecule has 2 heteroatoms. The summed E-state index contributed by atoms with van der Waals surface area (Å²) in [7, 11) is 0. The molecule has 3 rings (SSSR count). The molecule has 3 aliphatic rings. The fraction of sp³-hybridized carbons (Fsp3) is 0.941. The number of hydrogen-bond acceptors (Lipinski definition) is 2. The van der Waals surface area contributed by atoms with E-state index in [-0.39, 0.29) is 6.04 Å².